The van der Waals surface area contributed by atoms with Crippen molar-refractivity contribution in [3.63, 3.8) is 0 Å². The lowest BCUT2D eigenvalue weighted by molar-refractivity contribution is -0.128. The average molecular weight is 371 g/mol. The molecule has 1 amide bonds. The molecule has 1 aliphatic carbocycles. The van der Waals surface area contributed by atoms with Gasteiger partial charge in [-0.2, -0.15) is 0 Å². The van der Waals surface area contributed by atoms with Crippen molar-refractivity contribution in [2.45, 2.75) is 50.2 Å². The standard InChI is InChI=1S/C17H26N2O3S2/c1-14-8-9-17(23-14)24(21,22)18-11-13-19(15(2)20)12-10-16-6-4-3-5-7-16/h6,8-9,18H,3-5,7,10-13H2,1-2H3. The number of thiophene rings is 1. The Hall–Kier alpha value is -1.18. The number of nitrogens with zero attached hydrogens (tertiary/aromatic N) is 1. The van der Waals surface area contributed by atoms with Crippen LogP contribution in [0.2, 0.25) is 0 Å². The van der Waals surface area contributed by atoms with Crippen LogP contribution in [0.3, 0.4) is 0 Å². The minimum Gasteiger partial charge on any atom is -0.341 e. The summed E-state index contributed by atoms with van der Waals surface area (Å²) in [5, 5.41) is 0. The van der Waals surface area contributed by atoms with Crippen LogP contribution in [0.1, 0.15) is 43.9 Å². The van der Waals surface area contributed by atoms with E-state index in [1.54, 1.807) is 17.0 Å². The second-order valence-electron chi connectivity index (χ2n) is 6.13. The minimum atomic E-state index is -3.48. The van der Waals surface area contributed by atoms with E-state index >= 15 is 0 Å². The van der Waals surface area contributed by atoms with Crippen LogP contribution in [0.5, 0.6) is 0 Å². The van der Waals surface area contributed by atoms with E-state index in [-0.39, 0.29) is 12.5 Å². The van der Waals surface area contributed by atoms with Gasteiger partial charge in [0, 0.05) is 31.4 Å². The molecule has 134 valence electrons. The highest BCUT2D eigenvalue weighted by Gasteiger charge is 2.17. The SMILES string of the molecule is CC(=O)N(CCNS(=O)(=O)c1ccc(C)s1)CCC1=CCCCC1. The number of aryl methyl sites for hydroxylation is 1. The van der Waals surface area contributed by atoms with E-state index in [9.17, 15) is 13.2 Å². The fourth-order valence-corrected chi connectivity index (χ4v) is 5.13. The van der Waals surface area contributed by atoms with Crippen molar-refractivity contribution < 1.29 is 13.2 Å². The Bertz CT molecular complexity index is 692. The lowest BCUT2D eigenvalue weighted by atomic mass is 9.97. The summed E-state index contributed by atoms with van der Waals surface area (Å²) in [6.45, 7) is 4.69. The van der Waals surface area contributed by atoms with Crippen molar-refractivity contribution >= 4 is 27.3 Å². The predicted octanol–water partition coefficient (Wildman–Crippen LogP) is 3.07. The quantitative estimate of drug-likeness (QED) is 0.715. The fraction of sp³-hybridized carbons (Fsp3) is 0.588. The lowest BCUT2D eigenvalue weighted by Gasteiger charge is -2.22. The highest BCUT2D eigenvalue weighted by atomic mass is 32.2. The number of nitrogens with one attached hydrogen (secondary N) is 1. The molecule has 0 unspecified atom stereocenters. The number of allylic oxidation sites excluding steroid dienone is 1. The zero-order valence-electron chi connectivity index (χ0n) is 14.4. The van der Waals surface area contributed by atoms with Gasteiger partial charge in [0.2, 0.25) is 15.9 Å². The summed E-state index contributed by atoms with van der Waals surface area (Å²) in [7, 11) is -3.48. The zero-order chi connectivity index (χ0) is 17.6. The molecule has 0 saturated heterocycles. The van der Waals surface area contributed by atoms with E-state index in [1.165, 1.54) is 36.7 Å². The smallest absolute Gasteiger partial charge is 0.250 e. The molecule has 7 heteroatoms. The van der Waals surface area contributed by atoms with Gasteiger partial charge in [-0.3, -0.25) is 4.79 Å². The van der Waals surface area contributed by atoms with E-state index in [1.807, 2.05) is 6.92 Å². The molecule has 0 aromatic carbocycles. The largest absolute Gasteiger partial charge is 0.341 e. The third-order valence-electron chi connectivity index (χ3n) is 4.19. The highest BCUT2D eigenvalue weighted by molar-refractivity contribution is 7.91. The first-order valence-corrected chi connectivity index (χ1v) is 10.7. The number of carbonyl (C=O) groups is 1. The van der Waals surface area contributed by atoms with E-state index in [0.717, 1.165) is 24.1 Å². The van der Waals surface area contributed by atoms with Crippen molar-refractivity contribution in [2.75, 3.05) is 19.6 Å². The third-order valence-corrected chi connectivity index (χ3v) is 7.14. The van der Waals surface area contributed by atoms with Crippen LogP contribution in [-0.4, -0.2) is 38.9 Å². The molecular weight excluding hydrogens is 344 g/mol. The van der Waals surface area contributed by atoms with Gasteiger partial charge in [0.1, 0.15) is 4.21 Å². The van der Waals surface area contributed by atoms with Gasteiger partial charge in [-0.05, 0) is 51.2 Å². The second kappa shape index (κ2) is 8.78. The monoisotopic (exact) mass is 370 g/mol. The molecule has 0 spiro atoms. The summed E-state index contributed by atoms with van der Waals surface area (Å²) < 4.78 is 27.3. The molecule has 1 aromatic rings. The molecule has 1 N–H and O–H groups in total. The molecule has 1 heterocycles. The highest BCUT2D eigenvalue weighted by Crippen LogP contribution is 2.21. The molecule has 0 fully saturated rings. The van der Waals surface area contributed by atoms with Gasteiger partial charge in [-0.15, -0.1) is 11.3 Å². The zero-order valence-corrected chi connectivity index (χ0v) is 16.0. The predicted molar refractivity (Wildman–Crippen MR) is 97.7 cm³/mol. The Kier molecular flexibility index (Phi) is 7.01. The first kappa shape index (κ1) is 19.1. The maximum absolute atomic E-state index is 12.2. The van der Waals surface area contributed by atoms with Crippen LogP contribution < -0.4 is 4.72 Å². The molecular formula is C17H26N2O3S2. The van der Waals surface area contributed by atoms with Gasteiger partial charge < -0.3 is 4.90 Å². The maximum atomic E-state index is 12.2. The fourth-order valence-electron chi connectivity index (χ4n) is 2.78. The minimum absolute atomic E-state index is 0.0161. The first-order chi connectivity index (χ1) is 11.4. The molecule has 1 aliphatic rings. The molecule has 0 atom stereocenters. The van der Waals surface area contributed by atoms with Gasteiger partial charge in [-0.1, -0.05) is 11.6 Å². The molecule has 0 saturated carbocycles. The van der Waals surface area contributed by atoms with E-state index in [0.29, 0.717) is 17.3 Å². The number of hydrogen-bond acceptors (Lipinski definition) is 4. The van der Waals surface area contributed by atoms with Crippen molar-refractivity contribution in [1.82, 2.24) is 9.62 Å². The summed E-state index contributed by atoms with van der Waals surface area (Å²) in [5.41, 5.74) is 1.42. The number of carbonyl (C=O) groups excluding carboxylic acids is 1. The molecule has 5 nitrogen and oxygen atoms in total. The van der Waals surface area contributed by atoms with Crippen molar-refractivity contribution in [2.24, 2.45) is 0 Å². The number of amides is 1. The van der Waals surface area contributed by atoms with Gasteiger partial charge in [0.05, 0.1) is 0 Å². The Morgan fingerprint density at radius 2 is 2.08 bits per heavy atom. The van der Waals surface area contributed by atoms with Crippen LogP contribution in [-0.2, 0) is 14.8 Å². The second-order valence-corrected chi connectivity index (χ2v) is 9.41. The third kappa shape index (κ3) is 5.72. The van der Waals surface area contributed by atoms with E-state index in [2.05, 4.69) is 10.8 Å². The van der Waals surface area contributed by atoms with Gasteiger partial charge in [-0.25, -0.2) is 13.1 Å². The van der Waals surface area contributed by atoms with Crippen LogP contribution in [0.15, 0.2) is 28.0 Å². The van der Waals surface area contributed by atoms with Crippen LogP contribution in [0.25, 0.3) is 0 Å². The summed E-state index contributed by atoms with van der Waals surface area (Å²) in [6.07, 6.45) is 7.90. The summed E-state index contributed by atoms with van der Waals surface area (Å²) >= 11 is 1.25. The summed E-state index contributed by atoms with van der Waals surface area (Å²) in [4.78, 5) is 14.5. The Morgan fingerprint density at radius 3 is 2.67 bits per heavy atom. The summed E-state index contributed by atoms with van der Waals surface area (Å²) in [6, 6.07) is 3.40. The van der Waals surface area contributed by atoms with E-state index in [4.69, 9.17) is 0 Å². The Labute approximate surface area is 148 Å². The van der Waals surface area contributed by atoms with Gasteiger partial charge in [0.15, 0.2) is 0 Å². The first-order valence-electron chi connectivity index (χ1n) is 8.38. The number of sulfonamides is 1. The molecule has 24 heavy (non-hydrogen) atoms. The Balaban J connectivity index is 1.83. The van der Waals surface area contributed by atoms with E-state index < -0.39 is 10.0 Å². The normalized spacial score (nSPS) is 15.2. The van der Waals surface area contributed by atoms with Crippen LogP contribution in [0, 0.1) is 6.92 Å². The molecule has 0 radical (unpaired) electrons. The molecule has 1 aromatic heterocycles. The molecule has 2 rings (SSSR count). The lowest BCUT2D eigenvalue weighted by Crippen LogP contribution is -2.38. The number of hydrogen-bond donors (Lipinski definition) is 1. The average Bonchev–Trinajstić information content (AvgIpc) is 2.98. The van der Waals surface area contributed by atoms with Crippen LogP contribution in [0.4, 0.5) is 0 Å². The van der Waals surface area contributed by atoms with Crippen molar-refractivity contribution in [1.29, 1.82) is 0 Å². The maximum Gasteiger partial charge on any atom is 0.250 e. The summed E-state index contributed by atoms with van der Waals surface area (Å²) in [5.74, 6) is -0.0161. The topological polar surface area (TPSA) is 66.5 Å². The Morgan fingerprint density at radius 1 is 1.29 bits per heavy atom. The van der Waals surface area contributed by atoms with Crippen molar-refractivity contribution in [3.05, 3.63) is 28.7 Å². The van der Waals surface area contributed by atoms with Crippen LogP contribution >= 0.6 is 11.3 Å². The number of rotatable bonds is 8. The molecule has 0 aliphatic heterocycles. The van der Waals surface area contributed by atoms with Gasteiger partial charge in [0.25, 0.3) is 0 Å². The van der Waals surface area contributed by atoms with Crippen molar-refractivity contribution in [3.8, 4) is 0 Å². The van der Waals surface area contributed by atoms with Gasteiger partial charge >= 0.3 is 0 Å². The molecule has 0 bridgehead atoms.